The van der Waals surface area contributed by atoms with Gasteiger partial charge in [-0.3, -0.25) is 0 Å². The molecule has 0 radical (unpaired) electrons. The zero-order valence-corrected chi connectivity index (χ0v) is 9.08. The molecule has 78 valence electrons. The normalized spacial score (nSPS) is 12.7. The van der Waals surface area contributed by atoms with Crippen LogP contribution < -0.4 is 4.74 Å². The monoisotopic (exact) mass is 201 g/mol. The molecule has 0 aliphatic carbocycles. The molecule has 2 nitrogen and oxygen atoms in total. The first-order valence-electron chi connectivity index (χ1n) is 5.04. The number of ether oxygens (including phenoxy) is 1. The summed E-state index contributed by atoms with van der Waals surface area (Å²) < 4.78 is 5.30. The van der Waals surface area contributed by atoms with Crippen molar-refractivity contribution >= 4 is 10.9 Å². The van der Waals surface area contributed by atoms with E-state index in [9.17, 15) is 0 Å². The lowest BCUT2D eigenvalue weighted by molar-refractivity contribution is 0.419. The molecule has 0 fully saturated rings. The van der Waals surface area contributed by atoms with E-state index in [0.717, 1.165) is 11.3 Å². The summed E-state index contributed by atoms with van der Waals surface area (Å²) in [6, 6.07) is 6.07. The van der Waals surface area contributed by atoms with Gasteiger partial charge in [-0.2, -0.15) is 0 Å². The number of allylic oxidation sites excluding steroid dienone is 1. The Morgan fingerprint density at radius 3 is 2.93 bits per heavy atom. The SMILES string of the molecule is C=C[C@H](C)c1c[nH]c2c(OC)cccc12. The maximum Gasteiger partial charge on any atom is 0.142 e. The maximum absolute atomic E-state index is 5.30. The summed E-state index contributed by atoms with van der Waals surface area (Å²) in [5.74, 6) is 1.24. The second kappa shape index (κ2) is 3.81. The van der Waals surface area contributed by atoms with Crippen LogP contribution in [0.15, 0.2) is 37.1 Å². The van der Waals surface area contributed by atoms with E-state index in [1.807, 2.05) is 24.4 Å². The Kier molecular flexibility index (Phi) is 2.50. The number of aromatic amines is 1. The van der Waals surface area contributed by atoms with Crippen LogP contribution in [0.3, 0.4) is 0 Å². The van der Waals surface area contributed by atoms with E-state index >= 15 is 0 Å². The molecular formula is C13H15NO. The summed E-state index contributed by atoms with van der Waals surface area (Å²) in [5, 5.41) is 1.21. The molecule has 0 saturated heterocycles. The van der Waals surface area contributed by atoms with Gasteiger partial charge in [0.2, 0.25) is 0 Å². The number of hydrogen-bond acceptors (Lipinski definition) is 1. The fourth-order valence-corrected chi connectivity index (χ4v) is 1.82. The molecule has 1 aromatic heterocycles. The number of aromatic nitrogens is 1. The van der Waals surface area contributed by atoms with Crippen molar-refractivity contribution in [3.8, 4) is 5.75 Å². The first kappa shape index (κ1) is 9.84. The molecule has 1 N–H and O–H groups in total. The van der Waals surface area contributed by atoms with E-state index in [-0.39, 0.29) is 0 Å². The van der Waals surface area contributed by atoms with Crippen molar-refractivity contribution in [1.82, 2.24) is 4.98 Å². The van der Waals surface area contributed by atoms with E-state index in [1.54, 1.807) is 7.11 Å². The third kappa shape index (κ3) is 1.52. The van der Waals surface area contributed by atoms with Crippen molar-refractivity contribution in [2.45, 2.75) is 12.8 Å². The van der Waals surface area contributed by atoms with E-state index in [2.05, 4.69) is 24.6 Å². The summed E-state index contributed by atoms with van der Waals surface area (Å²) >= 11 is 0. The Hall–Kier alpha value is -1.70. The largest absolute Gasteiger partial charge is 0.495 e. The average Bonchev–Trinajstić information content (AvgIpc) is 2.71. The van der Waals surface area contributed by atoms with Gasteiger partial charge in [-0.1, -0.05) is 25.1 Å². The Balaban J connectivity index is 2.65. The molecule has 0 amide bonds. The second-order valence-corrected chi connectivity index (χ2v) is 3.65. The fourth-order valence-electron chi connectivity index (χ4n) is 1.82. The van der Waals surface area contributed by atoms with Crippen molar-refractivity contribution in [2.75, 3.05) is 7.11 Å². The number of fused-ring (bicyclic) bond motifs is 1. The van der Waals surface area contributed by atoms with Crippen LogP contribution in [0.4, 0.5) is 0 Å². The minimum Gasteiger partial charge on any atom is -0.495 e. The number of rotatable bonds is 3. The smallest absolute Gasteiger partial charge is 0.142 e. The van der Waals surface area contributed by atoms with Gasteiger partial charge in [0.1, 0.15) is 5.75 Å². The molecular weight excluding hydrogens is 186 g/mol. The van der Waals surface area contributed by atoms with E-state index < -0.39 is 0 Å². The maximum atomic E-state index is 5.30. The van der Waals surface area contributed by atoms with Gasteiger partial charge in [-0.05, 0) is 11.6 Å². The number of H-pyrrole nitrogens is 1. The lowest BCUT2D eigenvalue weighted by atomic mass is 10.0. The van der Waals surface area contributed by atoms with E-state index in [1.165, 1.54) is 10.9 Å². The van der Waals surface area contributed by atoms with E-state index in [4.69, 9.17) is 4.74 Å². The molecule has 1 atom stereocenters. The van der Waals surface area contributed by atoms with Gasteiger partial charge < -0.3 is 9.72 Å². The number of para-hydroxylation sites is 1. The average molecular weight is 201 g/mol. The molecule has 1 heterocycles. The molecule has 0 aliphatic heterocycles. The summed E-state index contributed by atoms with van der Waals surface area (Å²) in [7, 11) is 1.69. The zero-order valence-electron chi connectivity index (χ0n) is 9.08. The number of hydrogen-bond donors (Lipinski definition) is 1. The van der Waals surface area contributed by atoms with Crippen LogP contribution in [0, 0.1) is 0 Å². The third-order valence-corrected chi connectivity index (χ3v) is 2.77. The van der Waals surface area contributed by atoms with Gasteiger partial charge in [-0.15, -0.1) is 6.58 Å². The predicted octanol–water partition coefficient (Wildman–Crippen LogP) is 3.47. The van der Waals surface area contributed by atoms with E-state index in [0.29, 0.717) is 5.92 Å². The van der Waals surface area contributed by atoms with Gasteiger partial charge in [0, 0.05) is 17.5 Å². The molecule has 2 rings (SSSR count). The molecule has 2 aromatic rings. The molecule has 0 saturated carbocycles. The van der Waals surface area contributed by atoms with Crippen LogP contribution in [0.1, 0.15) is 18.4 Å². The molecule has 0 unspecified atom stereocenters. The van der Waals surface area contributed by atoms with Crippen LogP contribution in [-0.2, 0) is 0 Å². The highest BCUT2D eigenvalue weighted by atomic mass is 16.5. The lowest BCUT2D eigenvalue weighted by Crippen LogP contribution is -1.86. The van der Waals surface area contributed by atoms with Crippen molar-refractivity contribution in [3.05, 3.63) is 42.6 Å². The standard InChI is InChI=1S/C13H15NO/c1-4-9(2)11-8-14-13-10(11)6-5-7-12(13)15-3/h4-9,14H,1H2,2-3H3/t9-/m0/s1. The topological polar surface area (TPSA) is 25.0 Å². The van der Waals surface area contributed by atoms with Crippen molar-refractivity contribution < 1.29 is 4.74 Å². The number of benzene rings is 1. The van der Waals surface area contributed by atoms with Crippen LogP contribution in [0.2, 0.25) is 0 Å². The summed E-state index contributed by atoms with van der Waals surface area (Å²) in [5.41, 5.74) is 2.32. The minimum atomic E-state index is 0.353. The van der Waals surface area contributed by atoms with Gasteiger partial charge >= 0.3 is 0 Å². The summed E-state index contributed by atoms with van der Waals surface area (Å²) in [4.78, 5) is 3.25. The minimum absolute atomic E-state index is 0.353. The summed E-state index contributed by atoms with van der Waals surface area (Å²) in [6.45, 7) is 5.95. The molecule has 1 aromatic carbocycles. The molecule has 0 spiro atoms. The van der Waals surface area contributed by atoms with Crippen molar-refractivity contribution in [3.63, 3.8) is 0 Å². The second-order valence-electron chi connectivity index (χ2n) is 3.65. The lowest BCUT2D eigenvalue weighted by Gasteiger charge is -2.05. The first-order valence-corrected chi connectivity index (χ1v) is 5.04. The summed E-state index contributed by atoms with van der Waals surface area (Å²) in [6.07, 6.45) is 3.97. The molecule has 15 heavy (non-hydrogen) atoms. The fraction of sp³-hybridized carbons (Fsp3) is 0.231. The molecule has 2 heteroatoms. The van der Waals surface area contributed by atoms with Gasteiger partial charge in [0.05, 0.1) is 12.6 Å². The highest BCUT2D eigenvalue weighted by molar-refractivity contribution is 5.88. The van der Waals surface area contributed by atoms with Gasteiger partial charge in [0.15, 0.2) is 0 Å². The molecule has 0 bridgehead atoms. The number of nitrogens with one attached hydrogen (secondary N) is 1. The van der Waals surface area contributed by atoms with Crippen LogP contribution in [0.5, 0.6) is 5.75 Å². The van der Waals surface area contributed by atoms with Crippen LogP contribution in [-0.4, -0.2) is 12.1 Å². The number of methoxy groups -OCH3 is 1. The Morgan fingerprint density at radius 2 is 2.27 bits per heavy atom. The third-order valence-electron chi connectivity index (χ3n) is 2.77. The van der Waals surface area contributed by atoms with Gasteiger partial charge in [0.25, 0.3) is 0 Å². The van der Waals surface area contributed by atoms with Crippen molar-refractivity contribution in [2.24, 2.45) is 0 Å². The first-order chi connectivity index (χ1) is 7.27. The highest BCUT2D eigenvalue weighted by Crippen LogP contribution is 2.31. The Morgan fingerprint density at radius 1 is 1.47 bits per heavy atom. The van der Waals surface area contributed by atoms with Crippen LogP contribution in [0.25, 0.3) is 10.9 Å². The van der Waals surface area contributed by atoms with Gasteiger partial charge in [-0.25, -0.2) is 0 Å². The predicted molar refractivity (Wildman–Crippen MR) is 63.5 cm³/mol. The van der Waals surface area contributed by atoms with Crippen LogP contribution >= 0.6 is 0 Å². The Bertz CT molecular complexity index is 484. The highest BCUT2D eigenvalue weighted by Gasteiger charge is 2.10. The Labute approximate surface area is 89.6 Å². The van der Waals surface area contributed by atoms with Crippen molar-refractivity contribution in [1.29, 1.82) is 0 Å². The quantitative estimate of drug-likeness (QED) is 0.756. The zero-order chi connectivity index (χ0) is 10.8. The molecule has 0 aliphatic rings.